The highest BCUT2D eigenvalue weighted by Crippen LogP contribution is 2.14. The van der Waals surface area contributed by atoms with Crippen LogP contribution in [-0.2, 0) is 6.54 Å². The van der Waals surface area contributed by atoms with Gasteiger partial charge >= 0.3 is 6.03 Å². The lowest BCUT2D eigenvalue weighted by molar-refractivity contribution is 0.241. The van der Waals surface area contributed by atoms with Crippen LogP contribution in [-0.4, -0.2) is 33.9 Å². The fourth-order valence-corrected chi connectivity index (χ4v) is 2.49. The summed E-state index contributed by atoms with van der Waals surface area (Å²) < 4.78 is 28.1. The number of hydrogen-bond donors (Lipinski definition) is 3. The minimum Gasteiger partial charge on any atom is -0.367 e. The Morgan fingerprint density at radius 3 is 2.86 bits per heavy atom. The third kappa shape index (κ3) is 5.26. The van der Waals surface area contributed by atoms with Gasteiger partial charge in [0.25, 0.3) is 0 Å². The Balaban J connectivity index is 1.43. The molecule has 2 heterocycles. The van der Waals surface area contributed by atoms with Gasteiger partial charge in [0, 0.05) is 43.7 Å². The zero-order valence-corrected chi connectivity index (χ0v) is 15.2. The summed E-state index contributed by atoms with van der Waals surface area (Å²) >= 11 is 0. The van der Waals surface area contributed by atoms with Gasteiger partial charge in [0.15, 0.2) is 5.82 Å². The number of aromatic nitrogens is 3. The van der Waals surface area contributed by atoms with E-state index in [0.29, 0.717) is 30.0 Å². The van der Waals surface area contributed by atoms with Gasteiger partial charge in [-0.2, -0.15) is 10.4 Å². The third-order valence-corrected chi connectivity index (χ3v) is 3.88. The molecule has 148 valence electrons. The first-order valence-corrected chi connectivity index (χ1v) is 8.66. The zero-order chi connectivity index (χ0) is 20.6. The SMILES string of the molecule is N#Cc1cccnc1NCCNC(=O)NCc1cnn(-c2ccc(F)cc2F)c1. The minimum atomic E-state index is -0.731. The first-order chi connectivity index (χ1) is 14.1. The number of halogens is 2. The molecule has 0 aliphatic rings. The fourth-order valence-electron chi connectivity index (χ4n) is 2.49. The van der Waals surface area contributed by atoms with Crippen molar-refractivity contribution >= 4 is 11.8 Å². The molecule has 2 amide bonds. The lowest BCUT2D eigenvalue weighted by Crippen LogP contribution is -2.37. The highest BCUT2D eigenvalue weighted by molar-refractivity contribution is 5.73. The van der Waals surface area contributed by atoms with Crippen molar-refractivity contribution < 1.29 is 13.6 Å². The van der Waals surface area contributed by atoms with E-state index in [1.165, 1.54) is 16.9 Å². The summed E-state index contributed by atoms with van der Waals surface area (Å²) in [5.41, 5.74) is 1.18. The maximum atomic E-state index is 13.8. The molecule has 29 heavy (non-hydrogen) atoms. The number of rotatable bonds is 7. The Kier molecular flexibility index (Phi) is 6.32. The average molecular weight is 397 g/mol. The van der Waals surface area contributed by atoms with Crippen molar-refractivity contribution in [2.45, 2.75) is 6.54 Å². The molecule has 0 saturated heterocycles. The summed E-state index contributed by atoms with van der Waals surface area (Å²) in [5, 5.41) is 21.3. The van der Waals surface area contributed by atoms with E-state index < -0.39 is 17.7 Å². The molecule has 3 rings (SSSR count). The number of carbonyl (C=O) groups is 1. The number of hydrogen-bond acceptors (Lipinski definition) is 5. The van der Waals surface area contributed by atoms with Crippen LogP contribution in [0.5, 0.6) is 0 Å². The number of carbonyl (C=O) groups excluding carboxylic acids is 1. The van der Waals surface area contributed by atoms with Gasteiger partial charge in [0.2, 0.25) is 0 Å². The topological polar surface area (TPSA) is 108 Å². The predicted octanol–water partition coefficient (Wildman–Crippen LogP) is 2.33. The van der Waals surface area contributed by atoms with Crippen molar-refractivity contribution in [1.29, 1.82) is 5.26 Å². The van der Waals surface area contributed by atoms with Crippen LogP contribution in [0, 0.1) is 23.0 Å². The number of pyridine rings is 1. The van der Waals surface area contributed by atoms with Gasteiger partial charge in [-0.15, -0.1) is 0 Å². The summed E-state index contributed by atoms with van der Waals surface area (Å²) in [5.74, 6) is -0.943. The van der Waals surface area contributed by atoms with Gasteiger partial charge in [0.05, 0.1) is 11.8 Å². The lowest BCUT2D eigenvalue weighted by Gasteiger charge is -2.09. The van der Waals surface area contributed by atoms with E-state index in [0.717, 1.165) is 12.1 Å². The van der Waals surface area contributed by atoms with E-state index in [1.54, 1.807) is 24.5 Å². The Labute approximate surface area is 165 Å². The molecule has 2 aromatic heterocycles. The number of nitrogens with zero attached hydrogens (tertiary/aromatic N) is 4. The number of urea groups is 1. The zero-order valence-electron chi connectivity index (χ0n) is 15.2. The highest BCUT2D eigenvalue weighted by atomic mass is 19.1. The molecule has 0 spiro atoms. The van der Waals surface area contributed by atoms with Gasteiger partial charge in [-0.05, 0) is 24.3 Å². The molecule has 3 aromatic rings. The molecular formula is C19H17F2N7O. The summed E-state index contributed by atoms with van der Waals surface area (Å²) in [6, 6.07) is 8.16. The Bertz CT molecular complexity index is 1050. The molecule has 0 unspecified atom stereocenters. The van der Waals surface area contributed by atoms with E-state index in [2.05, 4.69) is 26.0 Å². The molecule has 0 radical (unpaired) electrons. The van der Waals surface area contributed by atoms with Gasteiger partial charge in [-0.25, -0.2) is 23.2 Å². The molecule has 0 fully saturated rings. The number of amides is 2. The molecule has 3 N–H and O–H groups in total. The van der Waals surface area contributed by atoms with E-state index in [9.17, 15) is 13.6 Å². The highest BCUT2D eigenvalue weighted by Gasteiger charge is 2.09. The molecule has 0 saturated carbocycles. The van der Waals surface area contributed by atoms with Crippen molar-refractivity contribution in [3.63, 3.8) is 0 Å². The summed E-state index contributed by atoms with van der Waals surface area (Å²) in [6.45, 7) is 0.884. The van der Waals surface area contributed by atoms with Crippen LogP contribution < -0.4 is 16.0 Å². The monoisotopic (exact) mass is 397 g/mol. The van der Waals surface area contributed by atoms with Crippen molar-refractivity contribution in [2.75, 3.05) is 18.4 Å². The molecule has 0 aliphatic heterocycles. The standard InChI is InChI=1S/C19H17F2N7O/c20-15-3-4-17(16(21)8-15)28-12-13(11-27-28)10-26-19(29)25-7-6-24-18-14(9-22)2-1-5-23-18/h1-5,8,11-12H,6-7,10H2,(H,23,24)(H2,25,26,29). The second-order valence-corrected chi connectivity index (χ2v) is 5.94. The van der Waals surface area contributed by atoms with Crippen molar-refractivity contribution in [3.05, 3.63) is 71.7 Å². The summed E-state index contributed by atoms with van der Waals surface area (Å²) in [7, 11) is 0. The predicted molar refractivity (Wildman–Crippen MR) is 101 cm³/mol. The second-order valence-electron chi connectivity index (χ2n) is 5.94. The van der Waals surface area contributed by atoms with E-state index in [-0.39, 0.29) is 12.2 Å². The molecule has 10 heteroatoms. The Morgan fingerprint density at radius 1 is 1.21 bits per heavy atom. The Morgan fingerprint density at radius 2 is 2.07 bits per heavy atom. The first-order valence-electron chi connectivity index (χ1n) is 8.66. The smallest absolute Gasteiger partial charge is 0.315 e. The largest absolute Gasteiger partial charge is 0.367 e. The van der Waals surface area contributed by atoms with Crippen LogP contribution >= 0.6 is 0 Å². The number of benzene rings is 1. The van der Waals surface area contributed by atoms with E-state index >= 15 is 0 Å². The second kappa shape index (κ2) is 9.27. The first kappa shape index (κ1) is 19.8. The van der Waals surface area contributed by atoms with Crippen molar-refractivity contribution in [3.8, 4) is 11.8 Å². The summed E-state index contributed by atoms with van der Waals surface area (Å²) in [4.78, 5) is 15.9. The van der Waals surface area contributed by atoms with Gasteiger partial charge in [-0.1, -0.05) is 0 Å². The van der Waals surface area contributed by atoms with Crippen LogP contribution in [0.2, 0.25) is 0 Å². The van der Waals surface area contributed by atoms with Crippen LogP contribution in [0.1, 0.15) is 11.1 Å². The molecule has 0 atom stereocenters. The minimum absolute atomic E-state index is 0.111. The van der Waals surface area contributed by atoms with Gasteiger partial charge < -0.3 is 16.0 Å². The fraction of sp³-hybridized carbons (Fsp3) is 0.158. The van der Waals surface area contributed by atoms with Crippen molar-refractivity contribution in [2.24, 2.45) is 0 Å². The van der Waals surface area contributed by atoms with Crippen LogP contribution in [0.15, 0.2) is 48.9 Å². The number of anilines is 1. The quantitative estimate of drug-likeness (QED) is 0.531. The molecule has 1 aromatic carbocycles. The molecule has 0 bridgehead atoms. The lowest BCUT2D eigenvalue weighted by atomic mass is 10.3. The molecular weight excluding hydrogens is 380 g/mol. The van der Waals surface area contributed by atoms with Gasteiger partial charge in [-0.3, -0.25) is 0 Å². The van der Waals surface area contributed by atoms with Crippen molar-refractivity contribution in [1.82, 2.24) is 25.4 Å². The Hall–Kier alpha value is -4.00. The van der Waals surface area contributed by atoms with Crippen LogP contribution in [0.25, 0.3) is 5.69 Å². The van der Waals surface area contributed by atoms with Crippen LogP contribution in [0.4, 0.5) is 19.4 Å². The van der Waals surface area contributed by atoms with Gasteiger partial charge in [0.1, 0.15) is 23.4 Å². The van der Waals surface area contributed by atoms with E-state index in [4.69, 9.17) is 5.26 Å². The normalized spacial score (nSPS) is 10.2. The maximum Gasteiger partial charge on any atom is 0.315 e. The maximum absolute atomic E-state index is 13.8. The average Bonchev–Trinajstić information content (AvgIpc) is 3.18. The molecule has 0 aliphatic carbocycles. The van der Waals surface area contributed by atoms with E-state index in [1.807, 2.05) is 6.07 Å². The van der Waals surface area contributed by atoms with Crippen LogP contribution in [0.3, 0.4) is 0 Å². The molecule has 8 nitrogen and oxygen atoms in total. The summed E-state index contributed by atoms with van der Waals surface area (Å²) in [6.07, 6.45) is 4.60. The number of nitrogens with one attached hydrogen (secondary N) is 3. The third-order valence-electron chi connectivity index (χ3n) is 3.88. The number of nitriles is 1.